The normalized spacial score (nSPS) is 17.8. The molecule has 98 valence electrons. The number of carbonyl (C=O) groups is 1. The second kappa shape index (κ2) is 4.88. The Kier molecular flexibility index (Phi) is 3.45. The average Bonchev–Trinajstić information content (AvgIpc) is 2.66. The number of carbonyl (C=O) groups excluding carboxylic acids is 1. The van der Waals surface area contributed by atoms with E-state index in [2.05, 4.69) is 13.8 Å². The molecule has 18 heavy (non-hydrogen) atoms. The molecular weight excluding hydrogens is 228 g/mol. The zero-order valence-corrected chi connectivity index (χ0v) is 11.0. The zero-order valence-electron chi connectivity index (χ0n) is 11.0. The maximum absolute atomic E-state index is 12.1. The fourth-order valence-corrected chi connectivity index (χ4v) is 2.40. The number of rotatable bonds is 3. The summed E-state index contributed by atoms with van der Waals surface area (Å²) in [6.07, 6.45) is 2.12. The van der Waals surface area contributed by atoms with Crippen LogP contribution in [0.25, 0.3) is 0 Å². The van der Waals surface area contributed by atoms with Gasteiger partial charge in [-0.05, 0) is 38.8 Å². The van der Waals surface area contributed by atoms with Crippen LogP contribution in [0.5, 0.6) is 5.75 Å². The minimum absolute atomic E-state index is 0.0416. The van der Waals surface area contributed by atoms with E-state index in [1.54, 1.807) is 18.2 Å². The predicted molar refractivity (Wildman–Crippen MR) is 71.4 cm³/mol. The standard InChI is InChI=1S/C14H20N2O2/c1-14(2)7-4-8-16(14)13(17)10-18-12-6-3-5-11(15)9-12/h3,5-6,9H,4,7-8,10,15H2,1-2H3. The highest BCUT2D eigenvalue weighted by atomic mass is 16.5. The predicted octanol–water partition coefficient (Wildman–Crippen LogP) is 2.05. The number of hydrogen-bond donors (Lipinski definition) is 1. The molecule has 4 nitrogen and oxygen atoms in total. The van der Waals surface area contributed by atoms with Gasteiger partial charge in [-0.2, -0.15) is 0 Å². The molecule has 4 heteroatoms. The number of likely N-dealkylation sites (tertiary alicyclic amines) is 1. The number of hydrogen-bond acceptors (Lipinski definition) is 3. The minimum Gasteiger partial charge on any atom is -0.484 e. The van der Waals surface area contributed by atoms with Crippen LogP contribution in [0.4, 0.5) is 5.69 Å². The molecule has 0 bridgehead atoms. The van der Waals surface area contributed by atoms with E-state index in [0.717, 1.165) is 19.4 Å². The Hall–Kier alpha value is -1.71. The highest BCUT2D eigenvalue weighted by Crippen LogP contribution is 2.28. The quantitative estimate of drug-likeness (QED) is 0.833. The zero-order chi connectivity index (χ0) is 13.2. The molecule has 0 saturated carbocycles. The van der Waals surface area contributed by atoms with Crippen LogP contribution >= 0.6 is 0 Å². The second-order valence-corrected chi connectivity index (χ2v) is 5.32. The average molecular weight is 248 g/mol. The Labute approximate surface area is 108 Å². The monoisotopic (exact) mass is 248 g/mol. The molecule has 1 amide bonds. The van der Waals surface area contributed by atoms with Gasteiger partial charge in [-0.15, -0.1) is 0 Å². The van der Waals surface area contributed by atoms with Crippen molar-refractivity contribution in [3.8, 4) is 5.75 Å². The maximum atomic E-state index is 12.1. The molecule has 0 radical (unpaired) electrons. The summed E-state index contributed by atoms with van der Waals surface area (Å²) in [7, 11) is 0. The van der Waals surface area contributed by atoms with Crippen LogP contribution in [0, 0.1) is 0 Å². The number of nitrogens with zero attached hydrogens (tertiary/aromatic N) is 1. The lowest BCUT2D eigenvalue weighted by Crippen LogP contribution is -2.44. The summed E-state index contributed by atoms with van der Waals surface area (Å²) in [6, 6.07) is 7.13. The van der Waals surface area contributed by atoms with Crippen LogP contribution in [0.2, 0.25) is 0 Å². The molecule has 0 atom stereocenters. The van der Waals surface area contributed by atoms with Gasteiger partial charge in [0.05, 0.1) is 0 Å². The minimum atomic E-state index is -0.0455. The first-order chi connectivity index (χ1) is 8.49. The number of benzene rings is 1. The molecule has 2 N–H and O–H groups in total. The number of amides is 1. The van der Waals surface area contributed by atoms with Gasteiger partial charge in [-0.25, -0.2) is 0 Å². The van der Waals surface area contributed by atoms with E-state index in [0.29, 0.717) is 11.4 Å². The molecule has 0 aromatic heterocycles. The summed E-state index contributed by atoms with van der Waals surface area (Å²) in [5.74, 6) is 0.681. The third kappa shape index (κ3) is 2.75. The Balaban J connectivity index is 1.93. The summed E-state index contributed by atoms with van der Waals surface area (Å²) < 4.78 is 5.48. The number of anilines is 1. The van der Waals surface area contributed by atoms with Gasteiger partial charge in [0.25, 0.3) is 5.91 Å². The van der Waals surface area contributed by atoms with Gasteiger partial charge < -0.3 is 15.4 Å². The molecule has 1 aromatic rings. The van der Waals surface area contributed by atoms with Gasteiger partial charge in [0.1, 0.15) is 5.75 Å². The van der Waals surface area contributed by atoms with Crippen molar-refractivity contribution in [2.75, 3.05) is 18.9 Å². The highest BCUT2D eigenvalue weighted by molar-refractivity contribution is 5.78. The van der Waals surface area contributed by atoms with E-state index in [1.165, 1.54) is 0 Å². The van der Waals surface area contributed by atoms with Crippen LogP contribution in [0.15, 0.2) is 24.3 Å². The molecule has 1 saturated heterocycles. The van der Waals surface area contributed by atoms with Gasteiger partial charge in [0.2, 0.25) is 0 Å². The third-order valence-corrected chi connectivity index (χ3v) is 3.42. The Morgan fingerprint density at radius 1 is 1.50 bits per heavy atom. The van der Waals surface area contributed by atoms with E-state index in [9.17, 15) is 4.79 Å². The summed E-state index contributed by atoms with van der Waals surface area (Å²) in [5.41, 5.74) is 6.25. The van der Waals surface area contributed by atoms with Crippen molar-refractivity contribution in [2.24, 2.45) is 0 Å². The van der Waals surface area contributed by atoms with Crippen LogP contribution in [-0.2, 0) is 4.79 Å². The number of nitrogen functional groups attached to an aromatic ring is 1. The molecule has 0 aliphatic carbocycles. The van der Waals surface area contributed by atoms with Crippen molar-refractivity contribution in [2.45, 2.75) is 32.2 Å². The lowest BCUT2D eigenvalue weighted by Gasteiger charge is -2.31. The van der Waals surface area contributed by atoms with Gasteiger partial charge in [-0.1, -0.05) is 6.07 Å². The summed E-state index contributed by atoms with van der Waals surface area (Å²) in [4.78, 5) is 14.0. The van der Waals surface area contributed by atoms with Gasteiger partial charge >= 0.3 is 0 Å². The molecule has 1 heterocycles. The number of ether oxygens (including phenoxy) is 1. The van der Waals surface area contributed by atoms with Crippen molar-refractivity contribution in [3.05, 3.63) is 24.3 Å². The molecule has 1 aromatic carbocycles. The molecule has 1 fully saturated rings. The van der Waals surface area contributed by atoms with Gasteiger partial charge in [-0.3, -0.25) is 4.79 Å². The first-order valence-corrected chi connectivity index (χ1v) is 6.28. The maximum Gasteiger partial charge on any atom is 0.260 e. The first-order valence-electron chi connectivity index (χ1n) is 6.28. The van der Waals surface area contributed by atoms with Crippen molar-refractivity contribution in [3.63, 3.8) is 0 Å². The van der Waals surface area contributed by atoms with Crippen LogP contribution in [-0.4, -0.2) is 29.5 Å². The smallest absolute Gasteiger partial charge is 0.260 e. The highest BCUT2D eigenvalue weighted by Gasteiger charge is 2.35. The van der Waals surface area contributed by atoms with Crippen molar-refractivity contribution in [1.29, 1.82) is 0 Å². The largest absolute Gasteiger partial charge is 0.484 e. The molecule has 1 aliphatic heterocycles. The number of nitrogens with two attached hydrogens (primary N) is 1. The van der Waals surface area contributed by atoms with E-state index < -0.39 is 0 Å². The van der Waals surface area contributed by atoms with E-state index in [4.69, 9.17) is 10.5 Å². The lowest BCUT2D eigenvalue weighted by atomic mass is 10.0. The Morgan fingerprint density at radius 3 is 2.89 bits per heavy atom. The SMILES string of the molecule is CC1(C)CCCN1C(=O)COc1cccc(N)c1. The molecule has 0 spiro atoms. The topological polar surface area (TPSA) is 55.6 Å². The lowest BCUT2D eigenvalue weighted by molar-refractivity contribution is -0.136. The third-order valence-electron chi connectivity index (χ3n) is 3.42. The Bertz CT molecular complexity index is 443. The van der Waals surface area contributed by atoms with E-state index in [1.807, 2.05) is 11.0 Å². The summed E-state index contributed by atoms with van der Waals surface area (Å²) >= 11 is 0. The summed E-state index contributed by atoms with van der Waals surface area (Å²) in [5, 5.41) is 0. The van der Waals surface area contributed by atoms with Gasteiger partial charge in [0.15, 0.2) is 6.61 Å². The molecule has 2 rings (SSSR count). The van der Waals surface area contributed by atoms with E-state index in [-0.39, 0.29) is 18.1 Å². The molecule has 0 unspecified atom stereocenters. The first kappa shape index (κ1) is 12.7. The van der Waals surface area contributed by atoms with Crippen LogP contribution < -0.4 is 10.5 Å². The molecular formula is C14H20N2O2. The van der Waals surface area contributed by atoms with Gasteiger partial charge in [0, 0.05) is 23.8 Å². The molecule has 1 aliphatic rings. The second-order valence-electron chi connectivity index (χ2n) is 5.32. The Morgan fingerprint density at radius 2 is 2.28 bits per heavy atom. The van der Waals surface area contributed by atoms with Crippen molar-refractivity contribution < 1.29 is 9.53 Å². The summed E-state index contributed by atoms with van der Waals surface area (Å²) in [6.45, 7) is 5.09. The fourth-order valence-electron chi connectivity index (χ4n) is 2.40. The van der Waals surface area contributed by atoms with Crippen molar-refractivity contribution >= 4 is 11.6 Å². The van der Waals surface area contributed by atoms with E-state index >= 15 is 0 Å². The van der Waals surface area contributed by atoms with Crippen LogP contribution in [0.3, 0.4) is 0 Å². The fraction of sp³-hybridized carbons (Fsp3) is 0.500. The van der Waals surface area contributed by atoms with Crippen molar-refractivity contribution in [1.82, 2.24) is 4.90 Å². The van der Waals surface area contributed by atoms with Crippen LogP contribution in [0.1, 0.15) is 26.7 Å².